The van der Waals surface area contributed by atoms with E-state index in [1.54, 1.807) is 0 Å². The average Bonchev–Trinajstić information content (AvgIpc) is 2.81. The molecule has 3 heterocycles. The molecule has 3 rings (SSSR count). The van der Waals surface area contributed by atoms with E-state index in [1.807, 2.05) is 36.9 Å². The van der Waals surface area contributed by atoms with Gasteiger partial charge in [-0.05, 0) is 28.9 Å². The van der Waals surface area contributed by atoms with Gasteiger partial charge in [0.15, 0.2) is 10.3 Å². The molecule has 122 valence electrons. The van der Waals surface area contributed by atoms with E-state index < -0.39 is 0 Å². The summed E-state index contributed by atoms with van der Waals surface area (Å²) in [7, 11) is 1.92. The number of aromatic nitrogens is 4. The maximum Gasteiger partial charge on any atom is 0.191 e. The van der Waals surface area contributed by atoms with E-state index in [0.29, 0.717) is 10.3 Å². The second kappa shape index (κ2) is 6.59. The zero-order valence-electron chi connectivity index (χ0n) is 12.8. The van der Waals surface area contributed by atoms with Crippen molar-refractivity contribution < 1.29 is 0 Å². The first-order chi connectivity index (χ1) is 11.4. The van der Waals surface area contributed by atoms with Crippen molar-refractivity contribution in [3.63, 3.8) is 0 Å². The van der Waals surface area contributed by atoms with Gasteiger partial charge < -0.3 is 10.3 Å². The van der Waals surface area contributed by atoms with E-state index >= 15 is 0 Å². The van der Waals surface area contributed by atoms with Crippen LogP contribution in [0.4, 0.5) is 5.82 Å². The second-order valence-corrected chi connectivity index (χ2v) is 7.67. The topological polar surface area (TPSA) is 93.4 Å². The van der Waals surface area contributed by atoms with Crippen LogP contribution in [-0.2, 0) is 7.05 Å². The first-order valence-corrected chi connectivity index (χ1v) is 8.96. The van der Waals surface area contributed by atoms with E-state index in [-0.39, 0.29) is 16.8 Å². The van der Waals surface area contributed by atoms with Crippen molar-refractivity contribution >= 4 is 56.0 Å². The minimum absolute atomic E-state index is 0.0626. The molecule has 24 heavy (non-hydrogen) atoms. The van der Waals surface area contributed by atoms with Crippen LogP contribution in [0.1, 0.15) is 23.6 Å². The lowest BCUT2D eigenvalue weighted by atomic mass is 10.2. The minimum Gasteiger partial charge on any atom is -0.384 e. The van der Waals surface area contributed by atoms with Gasteiger partial charge in [0.25, 0.3) is 0 Å². The van der Waals surface area contributed by atoms with Gasteiger partial charge in [0.1, 0.15) is 17.6 Å². The summed E-state index contributed by atoms with van der Waals surface area (Å²) in [5, 5.41) is 10.8. The number of thioether (sulfide) groups is 1. The van der Waals surface area contributed by atoms with Crippen LogP contribution >= 0.6 is 39.3 Å². The van der Waals surface area contributed by atoms with Gasteiger partial charge in [0, 0.05) is 29.2 Å². The van der Waals surface area contributed by atoms with E-state index in [0.717, 1.165) is 21.1 Å². The summed E-state index contributed by atoms with van der Waals surface area (Å²) in [5.74, 6) is 0.267. The molecule has 6 nitrogen and oxygen atoms in total. The number of nitriles is 1. The molecule has 0 aromatic carbocycles. The van der Waals surface area contributed by atoms with Crippen molar-refractivity contribution in [2.24, 2.45) is 7.05 Å². The molecule has 0 bridgehead atoms. The number of fused-ring (bicyclic) bond motifs is 1. The third-order valence-corrected chi connectivity index (χ3v) is 5.31. The van der Waals surface area contributed by atoms with Crippen LogP contribution in [0.3, 0.4) is 0 Å². The summed E-state index contributed by atoms with van der Waals surface area (Å²) < 4.78 is 2.88. The fourth-order valence-electron chi connectivity index (χ4n) is 2.33. The third-order valence-electron chi connectivity index (χ3n) is 3.43. The Labute approximate surface area is 156 Å². The first-order valence-electron chi connectivity index (χ1n) is 6.91. The highest BCUT2D eigenvalue weighted by Gasteiger charge is 2.17. The number of hydrogen-bond acceptors (Lipinski definition) is 6. The third kappa shape index (κ3) is 3.20. The molecule has 0 aliphatic rings. The largest absolute Gasteiger partial charge is 0.384 e. The Morgan fingerprint density at radius 1 is 1.38 bits per heavy atom. The average molecular weight is 424 g/mol. The van der Waals surface area contributed by atoms with Crippen molar-refractivity contribution in [1.29, 1.82) is 5.26 Å². The van der Waals surface area contributed by atoms with Gasteiger partial charge in [-0.3, -0.25) is 0 Å². The van der Waals surface area contributed by atoms with Gasteiger partial charge in [-0.15, -0.1) is 0 Å². The van der Waals surface area contributed by atoms with Gasteiger partial charge in [-0.2, -0.15) is 5.26 Å². The second-order valence-electron chi connectivity index (χ2n) is 5.15. The predicted octanol–water partition coefficient (Wildman–Crippen LogP) is 4.09. The summed E-state index contributed by atoms with van der Waals surface area (Å²) in [4.78, 5) is 12.8. The molecule has 0 aliphatic heterocycles. The first kappa shape index (κ1) is 17.0. The van der Waals surface area contributed by atoms with Crippen LogP contribution in [-0.4, -0.2) is 19.5 Å². The van der Waals surface area contributed by atoms with Crippen LogP contribution in [0.2, 0.25) is 5.15 Å². The summed E-state index contributed by atoms with van der Waals surface area (Å²) >= 11 is 11.3. The zero-order chi connectivity index (χ0) is 17.4. The van der Waals surface area contributed by atoms with Gasteiger partial charge in [0.05, 0.1) is 16.5 Å². The Kier molecular flexibility index (Phi) is 4.67. The van der Waals surface area contributed by atoms with E-state index in [4.69, 9.17) is 22.6 Å². The quantitative estimate of drug-likeness (QED) is 0.387. The number of nitrogens with two attached hydrogens (primary N) is 1. The number of pyridine rings is 1. The molecular formula is C15H12BrClN6S. The Morgan fingerprint density at radius 2 is 2.12 bits per heavy atom. The number of nitrogens with zero attached hydrogens (tertiary/aromatic N) is 5. The summed E-state index contributed by atoms with van der Waals surface area (Å²) in [6, 6.07) is 5.40. The maximum absolute atomic E-state index is 8.98. The van der Waals surface area contributed by atoms with Crippen LogP contribution in [0, 0.1) is 11.3 Å². The van der Waals surface area contributed by atoms with E-state index in [1.165, 1.54) is 17.8 Å². The lowest BCUT2D eigenvalue weighted by Crippen LogP contribution is -2.00. The number of anilines is 1. The number of halogens is 2. The molecule has 0 fully saturated rings. The fraction of sp³-hybridized carbons (Fsp3) is 0.200. The molecule has 3 aromatic rings. The molecule has 9 heteroatoms. The fourth-order valence-corrected chi connectivity index (χ4v) is 4.14. The van der Waals surface area contributed by atoms with Gasteiger partial charge in [-0.25, -0.2) is 15.0 Å². The van der Waals surface area contributed by atoms with Crippen molar-refractivity contribution in [1.82, 2.24) is 19.5 Å². The molecule has 0 saturated carbocycles. The Balaban J connectivity index is 1.97. The monoisotopic (exact) mass is 422 g/mol. The van der Waals surface area contributed by atoms with Crippen LogP contribution in [0.15, 0.2) is 28.0 Å². The summed E-state index contributed by atoms with van der Waals surface area (Å²) in [5.41, 5.74) is 7.62. The Morgan fingerprint density at radius 3 is 2.83 bits per heavy atom. The lowest BCUT2D eigenvalue weighted by molar-refractivity contribution is 0.932. The van der Waals surface area contributed by atoms with Gasteiger partial charge in [-0.1, -0.05) is 23.4 Å². The molecule has 1 unspecified atom stereocenters. The molecule has 0 amide bonds. The van der Waals surface area contributed by atoms with E-state index in [9.17, 15) is 0 Å². The highest BCUT2D eigenvalue weighted by molar-refractivity contribution is 9.10. The number of rotatable bonds is 3. The molecule has 0 radical (unpaired) electrons. The molecule has 3 aromatic heterocycles. The molecule has 2 N–H and O–H groups in total. The SMILES string of the molecule is CC(Sc1nc(N)cc(C#N)n1)c1cc2c(Br)cn(C)c2c(Cl)n1. The highest BCUT2D eigenvalue weighted by Crippen LogP contribution is 2.37. The molecule has 0 saturated heterocycles. The minimum atomic E-state index is -0.0626. The van der Waals surface area contributed by atoms with Gasteiger partial charge >= 0.3 is 0 Å². The lowest BCUT2D eigenvalue weighted by Gasteiger charge is -2.11. The standard InChI is InChI=1S/C15H12BrClN6S/c1-7(24-15-20-8(5-18)3-12(19)22-15)11-4-9-10(16)6-23(2)13(9)14(17)21-11/h3-4,6-7H,1-2H3,(H2,19,20,22). The van der Waals surface area contributed by atoms with E-state index in [2.05, 4.69) is 30.9 Å². The molecule has 1 atom stereocenters. The van der Waals surface area contributed by atoms with Crippen LogP contribution in [0.5, 0.6) is 0 Å². The normalized spacial score (nSPS) is 12.3. The number of nitrogen functional groups attached to an aromatic ring is 1. The van der Waals surface area contributed by atoms with Crippen molar-refractivity contribution in [3.8, 4) is 6.07 Å². The maximum atomic E-state index is 8.98. The Bertz CT molecular complexity index is 980. The van der Waals surface area contributed by atoms with Crippen LogP contribution < -0.4 is 5.73 Å². The smallest absolute Gasteiger partial charge is 0.191 e. The molecule has 0 aliphatic carbocycles. The van der Waals surface area contributed by atoms with Crippen molar-refractivity contribution in [2.75, 3.05) is 5.73 Å². The van der Waals surface area contributed by atoms with Crippen LogP contribution in [0.25, 0.3) is 10.9 Å². The molecule has 0 spiro atoms. The Hall–Kier alpha value is -1.82. The summed E-state index contributed by atoms with van der Waals surface area (Å²) in [6.07, 6.45) is 1.94. The number of aryl methyl sites for hydroxylation is 1. The summed E-state index contributed by atoms with van der Waals surface area (Å²) in [6.45, 7) is 1.98. The number of hydrogen-bond donors (Lipinski definition) is 1. The highest BCUT2D eigenvalue weighted by atomic mass is 79.9. The van der Waals surface area contributed by atoms with Crippen molar-refractivity contribution in [3.05, 3.63) is 39.3 Å². The molecular weight excluding hydrogens is 412 g/mol. The predicted molar refractivity (Wildman–Crippen MR) is 98.9 cm³/mol. The van der Waals surface area contributed by atoms with Gasteiger partial charge in [0.2, 0.25) is 0 Å². The zero-order valence-corrected chi connectivity index (χ0v) is 15.9. The van der Waals surface area contributed by atoms with Crippen molar-refractivity contribution in [2.45, 2.75) is 17.3 Å².